The summed E-state index contributed by atoms with van der Waals surface area (Å²) in [6.07, 6.45) is -0.642. The summed E-state index contributed by atoms with van der Waals surface area (Å²) in [6, 6.07) is 1.66. The van der Waals surface area contributed by atoms with E-state index in [4.69, 9.17) is 0 Å². The van der Waals surface area contributed by atoms with E-state index in [9.17, 15) is 35.2 Å². The van der Waals surface area contributed by atoms with E-state index >= 15 is 0 Å². The minimum absolute atomic E-state index is 0.0252. The second kappa shape index (κ2) is 5.08. The topological polar surface area (TPSA) is 149 Å². The Labute approximate surface area is 99.6 Å². The molecule has 0 heterocycles. The number of carbonyl (C=O) groups is 1. The first-order chi connectivity index (χ1) is 8.32. The highest BCUT2D eigenvalue weighted by molar-refractivity contribution is 5.65. The lowest BCUT2D eigenvalue weighted by molar-refractivity contribution is -0.416. The lowest BCUT2D eigenvalue weighted by atomic mass is 10.1. The molecular formula is C9H6N2O7-2. The van der Waals surface area contributed by atoms with Crippen LogP contribution in [0.3, 0.4) is 0 Å². The van der Waals surface area contributed by atoms with Gasteiger partial charge in [-0.1, -0.05) is 0 Å². The van der Waals surface area contributed by atoms with Crippen molar-refractivity contribution >= 4 is 17.3 Å². The first-order valence-corrected chi connectivity index (χ1v) is 4.65. The van der Waals surface area contributed by atoms with Crippen LogP contribution in [0, 0.1) is 20.2 Å². The van der Waals surface area contributed by atoms with Gasteiger partial charge in [0.25, 0.3) is 11.4 Å². The van der Waals surface area contributed by atoms with Gasteiger partial charge >= 0.3 is 0 Å². The molecule has 1 rings (SSSR count). The summed E-state index contributed by atoms with van der Waals surface area (Å²) < 4.78 is 0. The number of nitro groups is 2. The summed E-state index contributed by atoms with van der Waals surface area (Å²) in [5.74, 6) is -2.70. The molecule has 0 N–H and O–H groups in total. The third-order valence-electron chi connectivity index (χ3n) is 2.12. The molecule has 0 fully saturated rings. The molecule has 0 saturated heterocycles. The normalized spacial score (nSPS) is 10.0. The molecule has 0 spiro atoms. The maximum atomic E-state index is 11.3. The zero-order valence-corrected chi connectivity index (χ0v) is 8.82. The van der Waals surface area contributed by atoms with Crippen LogP contribution < -0.4 is 10.2 Å². The first kappa shape index (κ1) is 13.4. The fourth-order valence-corrected chi connectivity index (χ4v) is 1.32. The Kier molecular flexibility index (Phi) is 3.77. The lowest BCUT2D eigenvalue weighted by Crippen LogP contribution is -2.22. The molecular weight excluding hydrogens is 248 g/mol. The highest BCUT2D eigenvalue weighted by atomic mass is 16.6. The third kappa shape index (κ3) is 2.90. The molecule has 0 aliphatic rings. The van der Waals surface area contributed by atoms with Crippen LogP contribution in [0.25, 0.3) is 0 Å². The molecule has 18 heavy (non-hydrogen) atoms. The Morgan fingerprint density at radius 3 is 1.89 bits per heavy atom. The molecule has 0 aliphatic heterocycles. The number of nitrogens with zero attached hydrogens (tertiary/aromatic N) is 2. The summed E-state index contributed by atoms with van der Waals surface area (Å²) >= 11 is 0. The van der Waals surface area contributed by atoms with Crippen LogP contribution in [0.15, 0.2) is 12.1 Å². The van der Waals surface area contributed by atoms with Gasteiger partial charge in [-0.15, -0.1) is 0 Å². The molecule has 9 nitrogen and oxygen atoms in total. The minimum Gasteiger partial charge on any atom is -0.863 e. The monoisotopic (exact) mass is 254 g/mol. The van der Waals surface area contributed by atoms with Gasteiger partial charge in [0.05, 0.1) is 15.6 Å². The third-order valence-corrected chi connectivity index (χ3v) is 2.12. The van der Waals surface area contributed by atoms with Gasteiger partial charge in [0, 0.05) is 18.1 Å². The highest BCUT2D eigenvalue weighted by Gasteiger charge is 2.19. The van der Waals surface area contributed by atoms with E-state index in [1.165, 1.54) is 0 Å². The zero-order valence-electron chi connectivity index (χ0n) is 8.82. The molecule has 1 aromatic rings. The quantitative estimate of drug-likeness (QED) is 0.495. The van der Waals surface area contributed by atoms with Crippen molar-refractivity contribution in [2.45, 2.75) is 12.8 Å². The Hall–Kier alpha value is -2.71. The molecule has 0 atom stereocenters. The highest BCUT2D eigenvalue weighted by Crippen LogP contribution is 2.34. The molecule has 0 radical (unpaired) electrons. The van der Waals surface area contributed by atoms with Crippen molar-refractivity contribution in [3.8, 4) is 5.75 Å². The average Bonchev–Trinajstić information content (AvgIpc) is 2.26. The van der Waals surface area contributed by atoms with Crippen LogP contribution in [-0.4, -0.2) is 15.8 Å². The van der Waals surface area contributed by atoms with Crippen LogP contribution in [0.5, 0.6) is 5.75 Å². The van der Waals surface area contributed by atoms with Crippen LogP contribution in [0.4, 0.5) is 11.4 Å². The van der Waals surface area contributed by atoms with Crippen molar-refractivity contribution < 1.29 is 24.9 Å². The van der Waals surface area contributed by atoms with E-state index < -0.39 is 39.4 Å². The molecule has 0 aliphatic carbocycles. The number of nitro benzene ring substituents is 2. The first-order valence-electron chi connectivity index (χ1n) is 4.65. The maximum absolute atomic E-state index is 11.3. The van der Waals surface area contributed by atoms with Crippen LogP contribution in [0.2, 0.25) is 0 Å². The fraction of sp³-hybridized carbons (Fsp3) is 0.222. The largest absolute Gasteiger partial charge is 0.863 e. The van der Waals surface area contributed by atoms with Gasteiger partial charge < -0.3 is 15.0 Å². The van der Waals surface area contributed by atoms with Gasteiger partial charge in [0.15, 0.2) is 0 Å². The standard InChI is InChI=1S/C9H8N2O7/c12-8(13)2-1-5-3-6(10(15)16)9(14)7(4-5)11(17)18/h3-4,14H,1-2H2,(H,12,13)/p-2. The molecule has 96 valence electrons. The van der Waals surface area contributed by atoms with Gasteiger partial charge in [-0.25, -0.2) is 0 Å². The van der Waals surface area contributed by atoms with E-state index in [1.807, 2.05) is 0 Å². The number of carboxylic acids is 1. The summed E-state index contributed by atoms with van der Waals surface area (Å²) in [4.78, 5) is 29.2. The Morgan fingerprint density at radius 1 is 1.11 bits per heavy atom. The van der Waals surface area contributed by atoms with Gasteiger partial charge in [-0.2, -0.15) is 0 Å². The predicted octanol–water partition coefficient (Wildman–Crippen LogP) is -0.741. The molecule has 9 heteroatoms. The van der Waals surface area contributed by atoms with E-state index in [-0.39, 0.29) is 12.0 Å². The molecule has 0 amide bonds. The molecule has 0 saturated carbocycles. The fourth-order valence-electron chi connectivity index (χ4n) is 1.32. The molecule has 0 bridgehead atoms. The average molecular weight is 254 g/mol. The van der Waals surface area contributed by atoms with Crippen LogP contribution >= 0.6 is 0 Å². The molecule has 1 aromatic carbocycles. The second-order valence-corrected chi connectivity index (χ2v) is 3.35. The lowest BCUT2D eigenvalue weighted by Gasteiger charge is -2.10. The Morgan fingerprint density at radius 2 is 1.56 bits per heavy atom. The van der Waals surface area contributed by atoms with Crippen LogP contribution in [-0.2, 0) is 11.2 Å². The summed E-state index contributed by atoms with van der Waals surface area (Å²) in [6.45, 7) is 0. The van der Waals surface area contributed by atoms with Crippen LogP contribution in [0.1, 0.15) is 12.0 Å². The summed E-state index contributed by atoms with van der Waals surface area (Å²) in [7, 11) is 0. The zero-order chi connectivity index (χ0) is 13.9. The Balaban J connectivity index is 3.24. The second-order valence-electron chi connectivity index (χ2n) is 3.35. The van der Waals surface area contributed by atoms with E-state index in [1.54, 1.807) is 0 Å². The number of hydrogen-bond acceptors (Lipinski definition) is 7. The SMILES string of the molecule is O=C([O-])CCc1cc([N+](=O)[O-])c([O-])c([N+](=O)[O-])c1. The predicted molar refractivity (Wildman–Crippen MR) is 52.5 cm³/mol. The van der Waals surface area contributed by atoms with Crippen molar-refractivity contribution in [2.75, 3.05) is 0 Å². The van der Waals surface area contributed by atoms with E-state index in [2.05, 4.69) is 0 Å². The Bertz CT molecular complexity index is 491. The number of aryl methyl sites for hydroxylation is 1. The molecule has 0 unspecified atom stereocenters. The van der Waals surface area contributed by atoms with Crippen molar-refractivity contribution in [3.05, 3.63) is 37.9 Å². The molecule has 0 aromatic heterocycles. The summed E-state index contributed by atoms with van der Waals surface area (Å²) in [5, 5.41) is 42.6. The number of rotatable bonds is 5. The van der Waals surface area contributed by atoms with Gasteiger partial charge in [-0.05, 0) is 18.4 Å². The minimum atomic E-state index is -1.40. The smallest absolute Gasteiger partial charge is 0.268 e. The van der Waals surface area contributed by atoms with Crippen molar-refractivity contribution in [1.29, 1.82) is 0 Å². The van der Waals surface area contributed by atoms with Crippen molar-refractivity contribution in [3.63, 3.8) is 0 Å². The number of carbonyl (C=O) groups excluding carboxylic acids is 1. The number of benzene rings is 1. The van der Waals surface area contributed by atoms with Gasteiger partial charge in [0.1, 0.15) is 0 Å². The van der Waals surface area contributed by atoms with Gasteiger partial charge in [0.2, 0.25) is 0 Å². The summed E-state index contributed by atoms with van der Waals surface area (Å²) in [5.41, 5.74) is -1.87. The number of carboxylic acid groups (broad SMARTS) is 1. The van der Waals surface area contributed by atoms with Crippen molar-refractivity contribution in [2.24, 2.45) is 0 Å². The number of hydrogen-bond donors (Lipinski definition) is 0. The van der Waals surface area contributed by atoms with Crippen molar-refractivity contribution in [1.82, 2.24) is 0 Å². The number of aliphatic carboxylic acids is 1. The maximum Gasteiger partial charge on any atom is 0.268 e. The van der Waals surface area contributed by atoms with E-state index in [0.29, 0.717) is 0 Å². The van der Waals surface area contributed by atoms with Gasteiger partial charge in [-0.3, -0.25) is 20.2 Å². The van der Waals surface area contributed by atoms with E-state index in [0.717, 1.165) is 12.1 Å².